The Morgan fingerprint density at radius 1 is 1.03 bits per heavy atom. The number of para-hydroxylation sites is 1. The van der Waals surface area contributed by atoms with Crippen LogP contribution in [0, 0.1) is 26.6 Å². The first kappa shape index (κ1) is 21.8. The second kappa shape index (κ2) is 8.96. The zero-order valence-electron chi connectivity index (χ0n) is 18.0. The van der Waals surface area contributed by atoms with E-state index in [0.29, 0.717) is 21.7 Å². The van der Waals surface area contributed by atoms with E-state index in [1.165, 1.54) is 28.8 Å². The van der Waals surface area contributed by atoms with Crippen LogP contribution >= 0.6 is 11.8 Å². The van der Waals surface area contributed by atoms with Crippen molar-refractivity contribution in [3.05, 3.63) is 93.5 Å². The van der Waals surface area contributed by atoms with Crippen LogP contribution in [0.4, 0.5) is 10.1 Å². The van der Waals surface area contributed by atoms with E-state index in [9.17, 15) is 14.0 Å². The first-order valence-electron chi connectivity index (χ1n) is 10.1. The van der Waals surface area contributed by atoms with Gasteiger partial charge in [0.1, 0.15) is 5.82 Å². The lowest BCUT2D eigenvalue weighted by atomic mass is 10.1. The number of halogens is 1. The van der Waals surface area contributed by atoms with Gasteiger partial charge in [-0.3, -0.25) is 14.2 Å². The van der Waals surface area contributed by atoms with Gasteiger partial charge in [0.05, 0.1) is 22.3 Å². The number of rotatable bonds is 5. The summed E-state index contributed by atoms with van der Waals surface area (Å²) in [6.07, 6.45) is 0. The Labute approximate surface area is 189 Å². The molecule has 0 unspecified atom stereocenters. The molecule has 0 spiro atoms. The van der Waals surface area contributed by atoms with Crippen LogP contribution in [0.1, 0.15) is 16.7 Å². The number of aromatic nitrogens is 2. The SMILES string of the molecule is Cc1ccc2nc(SCC(=O)Nc3c(C)cccc3C)n(-c3ccc(F)cc3)c(=O)c2c1. The average Bonchev–Trinajstić information content (AvgIpc) is 2.76. The number of fused-ring (bicyclic) bond motifs is 1. The summed E-state index contributed by atoms with van der Waals surface area (Å²) in [7, 11) is 0. The summed E-state index contributed by atoms with van der Waals surface area (Å²) < 4.78 is 14.9. The molecule has 0 aliphatic heterocycles. The number of hydrogen-bond acceptors (Lipinski definition) is 4. The van der Waals surface area contributed by atoms with E-state index in [1.807, 2.05) is 45.0 Å². The van der Waals surface area contributed by atoms with Gasteiger partial charge >= 0.3 is 0 Å². The first-order chi connectivity index (χ1) is 15.3. The van der Waals surface area contributed by atoms with E-state index >= 15 is 0 Å². The third kappa shape index (κ3) is 4.43. The fraction of sp³-hybridized carbons (Fsp3) is 0.160. The Kier molecular flexibility index (Phi) is 6.10. The Balaban J connectivity index is 1.70. The van der Waals surface area contributed by atoms with E-state index in [0.717, 1.165) is 34.1 Å². The molecule has 0 fully saturated rings. The molecule has 3 aromatic carbocycles. The van der Waals surface area contributed by atoms with Crippen LogP contribution < -0.4 is 10.9 Å². The van der Waals surface area contributed by atoms with Gasteiger partial charge < -0.3 is 5.32 Å². The van der Waals surface area contributed by atoms with E-state index in [1.54, 1.807) is 12.1 Å². The van der Waals surface area contributed by atoms with E-state index in [-0.39, 0.29) is 17.2 Å². The zero-order valence-corrected chi connectivity index (χ0v) is 18.8. The quantitative estimate of drug-likeness (QED) is 0.338. The van der Waals surface area contributed by atoms with Crippen molar-refractivity contribution in [1.82, 2.24) is 9.55 Å². The van der Waals surface area contributed by atoms with Crippen LogP contribution in [0.3, 0.4) is 0 Å². The van der Waals surface area contributed by atoms with E-state index in [2.05, 4.69) is 10.3 Å². The van der Waals surface area contributed by atoms with E-state index in [4.69, 9.17) is 0 Å². The molecule has 1 amide bonds. The van der Waals surface area contributed by atoms with Gasteiger partial charge in [-0.05, 0) is 68.3 Å². The number of amides is 1. The lowest BCUT2D eigenvalue weighted by Gasteiger charge is -2.14. The highest BCUT2D eigenvalue weighted by Crippen LogP contribution is 2.24. The predicted molar refractivity (Wildman–Crippen MR) is 127 cm³/mol. The fourth-order valence-corrected chi connectivity index (χ4v) is 4.32. The third-order valence-corrected chi connectivity index (χ3v) is 6.09. The second-order valence-electron chi connectivity index (χ2n) is 7.64. The van der Waals surface area contributed by atoms with Crippen LogP contribution in [0.5, 0.6) is 0 Å². The normalized spacial score (nSPS) is 11.0. The van der Waals surface area contributed by atoms with Gasteiger partial charge in [0.25, 0.3) is 5.56 Å². The molecule has 1 heterocycles. The van der Waals surface area contributed by atoms with Gasteiger partial charge in [0, 0.05) is 5.69 Å². The van der Waals surface area contributed by atoms with Crippen molar-refractivity contribution in [2.24, 2.45) is 0 Å². The van der Waals surface area contributed by atoms with Crippen molar-refractivity contribution in [3.8, 4) is 5.69 Å². The highest BCUT2D eigenvalue weighted by Gasteiger charge is 2.16. The number of carbonyl (C=O) groups excluding carboxylic acids is 1. The minimum absolute atomic E-state index is 0.0682. The second-order valence-corrected chi connectivity index (χ2v) is 8.58. The largest absolute Gasteiger partial charge is 0.325 e. The Hall–Kier alpha value is -3.45. The molecule has 0 aliphatic rings. The van der Waals surface area contributed by atoms with Crippen molar-refractivity contribution in [3.63, 3.8) is 0 Å². The van der Waals surface area contributed by atoms with Gasteiger partial charge in [-0.1, -0.05) is 41.6 Å². The summed E-state index contributed by atoms with van der Waals surface area (Å²) in [5.41, 5.74) is 4.47. The molecule has 0 bridgehead atoms. The molecule has 162 valence electrons. The molecule has 5 nitrogen and oxygen atoms in total. The summed E-state index contributed by atoms with van der Waals surface area (Å²) in [4.78, 5) is 30.6. The summed E-state index contributed by atoms with van der Waals surface area (Å²) in [6, 6.07) is 16.9. The average molecular weight is 448 g/mol. The topological polar surface area (TPSA) is 64.0 Å². The van der Waals surface area contributed by atoms with Crippen molar-refractivity contribution in [2.45, 2.75) is 25.9 Å². The molecule has 0 radical (unpaired) electrons. The lowest BCUT2D eigenvalue weighted by molar-refractivity contribution is -0.113. The smallest absolute Gasteiger partial charge is 0.266 e. The molecule has 0 saturated carbocycles. The van der Waals surface area contributed by atoms with Crippen LogP contribution in [-0.2, 0) is 4.79 Å². The Morgan fingerprint density at radius 2 is 1.72 bits per heavy atom. The predicted octanol–water partition coefficient (Wildman–Crippen LogP) is 5.18. The van der Waals surface area contributed by atoms with Crippen LogP contribution in [0.15, 0.2) is 70.6 Å². The van der Waals surface area contributed by atoms with Gasteiger partial charge in [-0.15, -0.1) is 0 Å². The summed E-state index contributed by atoms with van der Waals surface area (Å²) >= 11 is 1.16. The number of aryl methyl sites for hydroxylation is 3. The number of carbonyl (C=O) groups is 1. The highest BCUT2D eigenvalue weighted by molar-refractivity contribution is 7.99. The molecule has 4 rings (SSSR count). The lowest BCUT2D eigenvalue weighted by Crippen LogP contribution is -2.23. The number of thioether (sulfide) groups is 1. The Morgan fingerprint density at radius 3 is 2.41 bits per heavy atom. The zero-order chi connectivity index (χ0) is 22.8. The van der Waals surface area contributed by atoms with Crippen LogP contribution in [0.2, 0.25) is 0 Å². The maximum Gasteiger partial charge on any atom is 0.266 e. The van der Waals surface area contributed by atoms with E-state index < -0.39 is 5.82 Å². The number of anilines is 1. The third-order valence-electron chi connectivity index (χ3n) is 5.16. The monoisotopic (exact) mass is 447 g/mol. The standard InChI is InChI=1S/C25H22FN3O2S/c1-15-7-12-21-20(13-15)24(31)29(19-10-8-18(26)9-11-19)25(27-21)32-14-22(30)28-23-16(2)5-4-6-17(23)3/h4-13H,14H2,1-3H3,(H,28,30). The molecule has 0 saturated heterocycles. The molecule has 1 N–H and O–H groups in total. The maximum absolute atomic E-state index is 13.5. The number of nitrogens with one attached hydrogen (secondary N) is 1. The maximum atomic E-state index is 13.5. The highest BCUT2D eigenvalue weighted by atomic mass is 32.2. The molecule has 0 atom stereocenters. The Bertz CT molecular complexity index is 1360. The molecule has 32 heavy (non-hydrogen) atoms. The van der Waals surface area contributed by atoms with Crippen molar-refractivity contribution in [2.75, 3.05) is 11.1 Å². The van der Waals surface area contributed by atoms with Gasteiger partial charge in [0.15, 0.2) is 5.16 Å². The van der Waals surface area contributed by atoms with Gasteiger partial charge in [0.2, 0.25) is 5.91 Å². The fourth-order valence-electron chi connectivity index (χ4n) is 3.51. The molecule has 0 aliphatic carbocycles. The molecular weight excluding hydrogens is 425 g/mol. The number of nitrogens with zero attached hydrogens (tertiary/aromatic N) is 2. The van der Waals surface area contributed by atoms with Crippen molar-refractivity contribution < 1.29 is 9.18 Å². The molecule has 7 heteroatoms. The summed E-state index contributed by atoms with van der Waals surface area (Å²) in [5, 5.41) is 3.79. The van der Waals surface area contributed by atoms with Gasteiger partial charge in [-0.25, -0.2) is 9.37 Å². The van der Waals surface area contributed by atoms with Gasteiger partial charge in [-0.2, -0.15) is 0 Å². The summed E-state index contributed by atoms with van der Waals surface area (Å²) in [5.74, 6) is -0.524. The number of hydrogen-bond donors (Lipinski definition) is 1. The minimum Gasteiger partial charge on any atom is -0.325 e. The van der Waals surface area contributed by atoms with Crippen LogP contribution in [-0.4, -0.2) is 21.2 Å². The minimum atomic E-state index is -0.395. The summed E-state index contributed by atoms with van der Waals surface area (Å²) in [6.45, 7) is 5.78. The molecule has 1 aromatic heterocycles. The van der Waals surface area contributed by atoms with Crippen molar-refractivity contribution >= 4 is 34.3 Å². The van der Waals surface area contributed by atoms with Crippen LogP contribution in [0.25, 0.3) is 16.6 Å². The molecular formula is C25H22FN3O2S. The van der Waals surface area contributed by atoms with Crippen molar-refractivity contribution in [1.29, 1.82) is 0 Å². The number of benzene rings is 3. The molecule has 4 aromatic rings. The first-order valence-corrected chi connectivity index (χ1v) is 11.1.